The second-order valence-corrected chi connectivity index (χ2v) is 4.66. The normalized spacial score (nSPS) is 10.4. The average molecular weight is 259 g/mol. The van der Waals surface area contributed by atoms with Gasteiger partial charge in [-0.25, -0.2) is 0 Å². The summed E-state index contributed by atoms with van der Waals surface area (Å²) in [7, 11) is 1.55. The predicted molar refractivity (Wildman–Crippen MR) is 72.7 cm³/mol. The zero-order valence-corrected chi connectivity index (χ0v) is 11.4. The minimum atomic E-state index is -0.422. The number of rotatable bonds is 2. The number of benzene rings is 1. The van der Waals surface area contributed by atoms with Gasteiger partial charge in [-0.15, -0.1) is 12.4 Å². The summed E-state index contributed by atoms with van der Waals surface area (Å²) < 4.78 is 5.03. The van der Waals surface area contributed by atoms with Crippen LogP contribution in [0.15, 0.2) is 18.2 Å². The maximum absolute atomic E-state index is 11.7. The topological polar surface area (TPSA) is 64.3 Å². The van der Waals surface area contributed by atoms with Crippen LogP contribution in [-0.2, 0) is 4.79 Å². The van der Waals surface area contributed by atoms with E-state index >= 15 is 0 Å². The largest absolute Gasteiger partial charge is 0.495 e. The number of carbonyl (C=O) groups is 1. The van der Waals surface area contributed by atoms with Gasteiger partial charge in [-0.3, -0.25) is 4.79 Å². The molecule has 4 nitrogen and oxygen atoms in total. The number of hydrogen-bond acceptors (Lipinski definition) is 3. The van der Waals surface area contributed by atoms with Crippen molar-refractivity contribution in [1.82, 2.24) is 0 Å². The lowest BCUT2D eigenvalue weighted by Crippen LogP contribution is -2.27. The van der Waals surface area contributed by atoms with Crippen LogP contribution in [0.3, 0.4) is 0 Å². The molecule has 0 aliphatic carbocycles. The molecule has 3 N–H and O–H groups in total. The van der Waals surface area contributed by atoms with E-state index in [1.54, 1.807) is 25.3 Å². The molecule has 0 unspecified atom stereocenters. The van der Waals surface area contributed by atoms with E-state index in [0.717, 1.165) is 0 Å². The number of halogens is 1. The third-order valence-corrected chi connectivity index (χ3v) is 2.17. The molecule has 1 rings (SSSR count). The van der Waals surface area contributed by atoms with Gasteiger partial charge >= 0.3 is 0 Å². The second-order valence-electron chi connectivity index (χ2n) is 4.66. The zero-order valence-electron chi connectivity index (χ0n) is 10.5. The zero-order chi connectivity index (χ0) is 12.3. The summed E-state index contributed by atoms with van der Waals surface area (Å²) in [6.07, 6.45) is 0. The molecule has 0 bridgehead atoms. The van der Waals surface area contributed by atoms with Gasteiger partial charge in [0.05, 0.1) is 12.8 Å². The van der Waals surface area contributed by atoms with Crippen LogP contribution in [0.2, 0.25) is 0 Å². The summed E-state index contributed by atoms with van der Waals surface area (Å²) >= 11 is 0. The predicted octanol–water partition coefficient (Wildman–Crippen LogP) is 2.68. The molecular weight excluding hydrogens is 240 g/mol. The molecule has 5 heteroatoms. The Kier molecular flexibility index (Phi) is 5.29. The van der Waals surface area contributed by atoms with Crippen molar-refractivity contribution in [2.45, 2.75) is 20.8 Å². The van der Waals surface area contributed by atoms with E-state index < -0.39 is 5.41 Å². The molecule has 0 saturated carbocycles. The van der Waals surface area contributed by atoms with Crippen molar-refractivity contribution in [3.05, 3.63) is 18.2 Å². The van der Waals surface area contributed by atoms with Crippen LogP contribution < -0.4 is 15.8 Å². The fourth-order valence-corrected chi connectivity index (χ4v) is 1.13. The third kappa shape index (κ3) is 4.15. The van der Waals surface area contributed by atoms with Gasteiger partial charge in [0.2, 0.25) is 5.91 Å². The quantitative estimate of drug-likeness (QED) is 0.802. The average Bonchev–Trinajstić information content (AvgIpc) is 2.16. The summed E-state index contributed by atoms with van der Waals surface area (Å²) in [6, 6.07) is 5.18. The molecule has 96 valence electrons. The summed E-state index contributed by atoms with van der Waals surface area (Å²) in [5.74, 6) is 0.561. The number of carbonyl (C=O) groups excluding carboxylic acids is 1. The van der Waals surface area contributed by atoms with Gasteiger partial charge in [0.1, 0.15) is 5.75 Å². The summed E-state index contributed by atoms with van der Waals surface area (Å²) in [6.45, 7) is 5.57. The minimum absolute atomic E-state index is 0. The molecule has 0 heterocycles. The van der Waals surface area contributed by atoms with Crippen LogP contribution in [-0.4, -0.2) is 13.0 Å². The monoisotopic (exact) mass is 258 g/mol. The molecule has 17 heavy (non-hydrogen) atoms. The van der Waals surface area contributed by atoms with Crippen molar-refractivity contribution in [3.8, 4) is 5.75 Å². The Morgan fingerprint density at radius 1 is 1.35 bits per heavy atom. The van der Waals surface area contributed by atoms with E-state index in [0.29, 0.717) is 17.1 Å². The molecule has 0 aliphatic heterocycles. The number of hydrogen-bond donors (Lipinski definition) is 2. The van der Waals surface area contributed by atoms with Crippen molar-refractivity contribution >= 4 is 29.7 Å². The molecular formula is C12H19ClN2O2. The standard InChI is InChI=1S/C12H18N2O2.ClH/c1-12(2,3)11(15)14-8-5-6-10(16-4)9(13)7-8;/h5-7H,13H2,1-4H3,(H,14,15);1H. The van der Waals surface area contributed by atoms with Crippen molar-refractivity contribution in [1.29, 1.82) is 0 Å². The Bertz CT molecular complexity index is 400. The molecule has 1 amide bonds. The van der Waals surface area contributed by atoms with Crippen LogP contribution in [0.25, 0.3) is 0 Å². The fraction of sp³-hybridized carbons (Fsp3) is 0.417. The van der Waals surface area contributed by atoms with Crippen molar-refractivity contribution in [2.24, 2.45) is 5.41 Å². The van der Waals surface area contributed by atoms with E-state index in [-0.39, 0.29) is 18.3 Å². The third-order valence-electron chi connectivity index (χ3n) is 2.17. The molecule has 0 atom stereocenters. The molecule has 0 radical (unpaired) electrons. The lowest BCUT2D eigenvalue weighted by molar-refractivity contribution is -0.123. The molecule has 0 fully saturated rings. The highest BCUT2D eigenvalue weighted by molar-refractivity contribution is 5.95. The SMILES string of the molecule is COc1ccc(NC(=O)C(C)(C)C)cc1N.Cl. The van der Waals surface area contributed by atoms with E-state index in [2.05, 4.69) is 5.32 Å². The van der Waals surface area contributed by atoms with Gasteiger partial charge in [0.15, 0.2) is 0 Å². The summed E-state index contributed by atoms with van der Waals surface area (Å²) in [5, 5.41) is 2.80. The number of nitrogens with one attached hydrogen (secondary N) is 1. The van der Waals surface area contributed by atoms with Crippen LogP contribution in [0.5, 0.6) is 5.75 Å². The number of amides is 1. The van der Waals surface area contributed by atoms with Crippen LogP contribution in [0.4, 0.5) is 11.4 Å². The van der Waals surface area contributed by atoms with Gasteiger partial charge in [-0.1, -0.05) is 20.8 Å². The van der Waals surface area contributed by atoms with E-state index in [4.69, 9.17) is 10.5 Å². The van der Waals surface area contributed by atoms with Gasteiger partial charge in [0.25, 0.3) is 0 Å². The maximum Gasteiger partial charge on any atom is 0.229 e. The first-order valence-electron chi connectivity index (χ1n) is 5.09. The lowest BCUT2D eigenvalue weighted by atomic mass is 9.95. The van der Waals surface area contributed by atoms with Crippen LogP contribution in [0, 0.1) is 5.41 Å². The van der Waals surface area contributed by atoms with E-state index in [9.17, 15) is 4.79 Å². The number of ether oxygens (including phenoxy) is 1. The van der Waals surface area contributed by atoms with Crippen molar-refractivity contribution in [2.75, 3.05) is 18.2 Å². The molecule has 0 aromatic heterocycles. The van der Waals surface area contributed by atoms with Gasteiger partial charge in [-0.05, 0) is 18.2 Å². The smallest absolute Gasteiger partial charge is 0.229 e. The molecule has 1 aromatic rings. The Balaban J connectivity index is 0.00000256. The van der Waals surface area contributed by atoms with Gasteiger partial charge in [-0.2, -0.15) is 0 Å². The minimum Gasteiger partial charge on any atom is -0.495 e. The Hall–Kier alpha value is -1.42. The Morgan fingerprint density at radius 2 is 1.94 bits per heavy atom. The highest BCUT2D eigenvalue weighted by Crippen LogP contribution is 2.25. The second kappa shape index (κ2) is 5.77. The molecule has 0 aliphatic rings. The maximum atomic E-state index is 11.7. The number of nitrogens with two attached hydrogens (primary N) is 1. The molecule has 1 aromatic carbocycles. The summed E-state index contributed by atoms with van der Waals surface area (Å²) in [5.41, 5.74) is 6.51. The highest BCUT2D eigenvalue weighted by atomic mass is 35.5. The highest BCUT2D eigenvalue weighted by Gasteiger charge is 2.21. The van der Waals surface area contributed by atoms with E-state index in [1.807, 2.05) is 20.8 Å². The van der Waals surface area contributed by atoms with Gasteiger partial charge < -0.3 is 15.8 Å². The van der Waals surface area contributed by atoms with Crippen molar-refractivity contribution in [3.63, 3.8) is 0 Å². The Labute approximate surface area is 108 Å². The number of nitrogen functional groups attached to an aromatic ring is 1. The fourth-order valence-electron chi connectivity index (χ4n) is 1.13. The molecule has 0 saturated heterocycles. The summed E-state index contributed by atoms with van der Waals surface area (Å²) in [4.78, 5) is 11.7. The first-order chi connectivity index (χ1) is 7.34. The Morgan fingerprint density at radius 3 is 2.35 bits per heavy atom. The van der Waals surface area contributed by atoms with Crippen LogP contribution in [0.1, 0.15) is 20.8 Å². The first kappa shape index (κ1) is 15.6. The molecule has 0 spiro atoms. The van der Waals surface area contributed by atoms with Gasteiger partial charge in [0, 0.05) is 11.1 Å². The first-order valence-corrected chi connectivity index (χ1v) is 5.09. The number of methoxy groups -OCH3 is 1. The lowest BCUT2D eigenvalue weighted by Gasteiger charge is -2.18. The van der Waals surface area contributed by atoms with Crippen LogP contribution >= 0.6 is 12.4 Å². The van der Waals surface area contributed by atoms with Crippen molar-refractivity contribution < 1.29 is 9.53 Å². The van der Waals surface area contributed by atoms with E-state index in [1.165, 1.54) is 0 Å². The number of anilines is 2.